The molecule has 1 saturated heterocycles. The highest BCUT2D eigenvalue weighted by atomic mass is 32.1. The van der Waals surface area contributed by atoms with Crippen molar-refractivity contribution < 1.29 is 23.6 Å². The second kappa shape index (κ2) is 9.26. The van der Waals surface area contributed by atoms with Crippen molar-refractivity contribution in [1.29, 1.82) is 0 Å². The van der Waals surface area contributed by atoms with E-state index in [0.717, 1.165) is 4.90 Å². The van der Waals surface area contributed by atoms with Crippen LogP contribution in [0.4, 0.5) is 10.1 Å². The smallest absolute Gasteiger partial charge is 0.270 e. The first kappa shape index (κ1) is 21.8. The highest BCUT2D eigenvalue weighted by Gasteiger charge is 2.33. The minimum atomic E-state index is -0.738. The molecule has 1 N–H and O–H groups in total. The summed E-state index contributed by atoms with van der Waals surface area (Å²) in [5, 5.41) is 13.5. The van der Waals surface area contributed by atoms with Crippen LogP contribution in [0, 0.1) is 15.9 Å². The van der Waals surface area contributed by atoms with Gasteiger partial charge in [0.25, 0.3) is 17.5 Å². The molecule has 10 heteroatoms. The van der Waals surface area contributed by atoms with Crippen molar-refractivity contribution in [3.8, 4) is 5.75 Å². The number of benzene rings is 2. The molecule has 8 nitrogen and oxygen atoms in total. The van der Waals surface area contributed by atoms with Crippen molar-refractivity contribution in [2.24, 2.45) is 0 Å². The molecule has 1 fully saturated rings. The van der Waals surface area contributed by atoms with Crippen LogP contribution in [0.25, 0.3) is 6.08 Å². The van der Waals surface area contributed by atoms with Gasteiger partial charge in [-0.3, -0.25) is 29.9 Å². The third kappa shape index (κ3) is 4.98. The van der Waals surface area contributed by atoms with Crippen LogP contribution in [0.1, 0.15) is 11.1 Å². The minimum absolute atomic E-state index is 0.0292. The van der Waals surface area contributed by atoms with Crippen LogP contribution in [0.3, 0.4) is 0 Å². The first-order valence-corrected chi connectivity index (χ1v) is 9.36. The van der Waals surface area contributed by atoms with Crippen molar-refractivity contribution in [1.82, 2.24) is 10.2 Å². The molecule has 0 spiro atoms. The van der Waals surface area contributed by atoms with Gasteiger partial charge in [-0.2, -0.15) is 0 Å². The third-order valence-corrected chi connectivity index (χ3v) is 4.61. The minimum Gasteiger partial charge on any atom is -0.488 e. The Hall–Kier alpha value is -3.92. The summed E-state index contributed by atoms with van der Waals surface area (Å²) in [5.41, 5.74) is 0.139. The molecule has 1 aliphatic rings. The number of thiocarbonyl (C=S) groups is 1. The number of carbonyl (C=O) groups is 2. The molecule has 0 radical (unpaired) electrons. The zero-order valence-corrected chi connectivity index (χ0v) is 16.9. The average molecular weight is 441 g/mol. The fourth-order valence-electron chi connectivity index (χ4n) is 2.83. The maximum absolute atomic E-state index is 13.4. The number of ether oxygens (including phenoxy) is 1. The molecule has 1 heterocycles. The van der Waals surface area contributed by atoms with Crippen molar-refractivity contribution in [3.63, 3.8) is 0 Å². The number of carbonyl (C=O) groups excluding carboxylic acids is 2. The molecule has 3 rings (SSSR count). The predicted octanol–water partition coefficient (Wildman–Crippen LogP) is 3.13. The summed E-state index contributed by atoms with van der Waals surface area (Å²) in [6.45, 7) is 3.60. The fourth-order valence-corrected chi connectivity index (χ4v) is 3.08. The van der Waals surface area contributed by atoms with Gasteiger partial charge in [0.2, 0.25) is 0 Å². The molecular weight excluding hydrogens is 425 g/mol. The van der Waals surface area contributed by atoms with Gasteiger partial charge in [0.1, 0.15) is 23.7 Å². The summed E-state index contributed by atoms with van der Waals surface area (Å²) in [6, 6.07) is 9.51. The Labute approximate surface area is 181 Å². The summed E-state index contributed by atoms with van der Waals surface area (Å²) in [4.78, 5) is 36.8. The Morgan fingerprint density at radius 2 is 2.03 bits per heavy atom. The first-order chi connectivity index (χ1) is 14.8. The number of hydrogen-bond acceptors (Lipinski definition) is 6. The molecule has 31 heavy (non-hydrogen) atoms. The van der Waals surface area contributed by atoms with Crippen molar-refractivity contribution in [3.05, 3.63) is 87.8 Å². The van der Waals surface area contributed by atoms with Gasteiger partial charge in [0.05, 0.1) is 4.92 Å². The van der Waals surface area contributed by atoms with Gasteiger partial charge in [-0.25, -0.2) is 4.39 Å². The van der Waals surface area contributed by atoms with Crippen LogP contribution in [0.15, 0.2) is 60.7 Å². The lowest BCUT2D eigenvalue weighted by Gasteiger charge is -2.27. The maximum Gasteiger partial charge on any atom is 0.270 e. The van der Waals surface area contributed by atoms with Crippen molar-refractivity contribution in [2.75, 3.05) is 6.54 Å². The second-order valence-corrected chi connectivity index (χ2v) is 6.81. The largest absolute Gasteiger partial charge is 0.488 e. The molecule has 2 aromatic carbocycles. The van der Waals surface area contributed by atoms with E-state index in [1.165, 1.54) is 48.6 Å². The first-order valence-electron chi connectivity index (χ1n) is 8.95. The van der Waals surface area contributed by atoms with Crippen molar-refractivity contribution >= 4 is 40.9 Å². The fraction of sp³-hybridized carbons (Fsp3) is 0.0952. The van der Waals surface area contributed by atoms with Crippen LogP contribution in [0.5, 0.6) is 5.75 Å². The molecule has 2 aromatic rings. The molecule has 2 amide bonds. The van der Waals surface area contributed by atoms with Crippen molar-refractivity contribution in [2.45, 2.75) is 6.61 Å². The molecule has 0 aromatic heterocycles. The van der Waals surface area contributed by atoms with Gasteiger partial charge in [-0.1, -0.05) is 18.2 Å². The van der Waals surface area contributed by atoms with E-state index in [9.17, 15) is 24.1 Å². The summed E-state index contributed by atoms with van der Waals surface area (Å²) in [6.07, 6.45) is 2.64. The highest BCUT2D eigenvalue weighted by Crippen LogP contribution is 2.28. The number of non-ortho nitro benzene ring substituents is 1. The zero-order valence-electron chi connectivity index (χ0n) is 16.0. The molecule has 0 atom stereocenters. The number of hydrogen-bond donors (Lipinski definition) is 1. The molecule has 1 aliphatic heterocycles. The van der Waals surface area contributed by atoms with Gasteiger partial charge < -0.3 is 4.74 Å². The van der Waals surface area contributed by atoms with E-state index in [-0.39, 0.29) is 40.8 Å². The summed E-state index contributed by atoms with van der Waals surface area (Å²) < 4.78 is 19.1. The van der Waals surface area contributed by atoms with E-state index >= 15 is 0 Å². The standard InChI is InChI=1S/C21H16FN3O5S/c1-2-8-24-20(27)17(19(26)23-21(24)31)11-14-10-16(25(28)29)6-7-18(14)30-12-13-4-3-5-15(22)9-13/h2-7,9-11H,1,8,12H2,(H,23,26,31). The van der Waals surface area contributed by atoms with E-state index in [4.69, 9.17) is 17.0 Å². The molecular formula is C21H16FN3O5S. The van der Waals surface area contributed by atoms with Gasteiger partial charge in [-0.15, -0.1) is 6.58 Å². The van der Waals surface area contributed by atoms with E-state index < -0.39 is 22.6 Å². The van der Waals surface area contributed by atoms with Crippen LogP contribution in [-0.4, -0.2) is 33.3 Å². The molecule has 0 saturated carbocycles. The van der Waals surface area contributed by atoms with Crippen LogP contribution in [-0.2, 0) is 16.2 Å². The maximum atomic E-state index is 13.4. The number of nitro groups is 1. The zero-order chi connectivity index (χ0) is 22.5. The lowest BCUT2D eigenvalue weighted by atomic mass is 10.1. The Morgan fingerprint density at radius 3 is 2.71 bits per heavy atom. The van der Waals surface area contributed by atoms with Gasteiger partial charge in [0.15, 0.2) is 5.11 Å². The van der Waals surface area contributed by atoms with Gasteiger partial charge >= 0.3 is 0 Å². The Kier molecular flexibility index (Phi) is 6.51. The summed E-state index contributed by atoms with van der Waals surface area (Å²) >= 11 is 5.00. The quantitative estimate of drug-likeness (QED) is 0.177. The third-order valence-electron chi connectivity index (χ3n) is 4.28. The second-order valence-electron chi connectivity index (χ2n) is 6.42. The Morgan fingerprint density at radius 1 is 1.26 bits per heavy atom. The monoisotopic (exact) mass is 441 g/mol. The SMILES string of the molecule is C=CCN1C(=O)C(=Cc2cc([N+](=O)[O-])ccc2OCc2cccc(F)c2)C(=O)NC1=S. The average Bonchev–Trinajstić information content (AvgIpc) is 2.73. The number of nitrogens with one attached hydrogen (secondary N) is 1. The van der Waals surface area contributed by atoms with E-state index in [1.807, 2.05) is 0 Å². The Balaban J connectivity index is 1.99. The number of rotatable bonds is 7. The normalized spacial score (nSPS) is 15.1. The van der Waals surface area contributed by atoms with Gasteiger partial charge in [-0.05, 0) is 42.1 Å². The van der Waals surface area contributed by atoms with E-state index in [2.05, 4.69) is 11.9 Å². The highest BCUT2D eigenvalue weighted by molar-refractivity contribution is 7.80. The Bertz CT molecular complexity index is 1130. The summed E-state index contributed by atoms with van der Waals surface area (Å²) in [5.74, 6) is -1.67. The number of nitrogens with zero attached hydrogens (tertiary/aromatic N) is 2. The van der Waals surface area contributed by atoms with Crippen LogP contribution < -0.4 is 10.1 Å². The molecule has 0 aliphatic carbocycles. The number of nitro benzene ring substituents is 1. The lowest BCUT2D eigenvalue weighted by Crippen LogP contribution is -2.53. The molecule has 0 unspecified atom stereocenters. The van der Waals surface area contributed by atoms with E-state index in [0.29, 0.717) is 5.56 Å². The molecule has 0 bridgehead atoms. The van der Waals surface area contributed by atoms with Crippen LogP contribution in [0.2, 0.25) is 0 Å². The lowest BCUT2D eigenvalue weighted by molar-refractivity contribution is -0.384. The predicted molar refractivity (Wildman–Crippen MR) is 114 cm³/mol. The number of halogens is 1. The molecule has 158 valence electrons. The van der Waals surface area contributed by atoms with Gasteiger partial charge in [0, 0.05) is 24.2 Å². The van der Waals surface area contributed by atoms with Crippen LogP contribution >= 0.6 is 12.2 Å². The number of amides is 2. The summed E-state index contributed by atoms with van der Waals surface area (Å²) in [7, 11) is 0. The van der Waals surface area contributed by atoms with E-state index in [1.54, 1.807) is 6.07 Å². The topological polar surface area (TPSA) is 102 Å².